The van der Waals surface area contributed by atoms with Crippen molar-refractivity contribution < 1.29 is 5.11 Å². The number of hydrogen-bond donors (Lipinski definition) is 1. The Kier molecular flexibility index (Phi) is 3.86. The molecule has 0 fully saturated rings. The van der Waals surface area contributed by atoms with Crippen molar-refractivity contribution in [1.82, 2.24) is 9.78 Å². The van der Waals surface area contributed by atoms with Crippen molar-refractivity contribution in [2.24, 2.45) is 7.05 Å². The Morgan fingerprint density at radius 3 is 2.82 bits per heavy atom. The highest BCUT2D eigenvalue weighted by Crippen LogP contribution is 2.27. The molecule has 0 bridgehead atoms. The lowest BCUT2D eigenvalue weighted by molar-refractivity contribution is 0.177. The van der Waals surface area contributed by atoms with Gasteiger partial charge in [-0.15, -0.1) is 0 Å². The van der Waals surface area contributed by atoms with Gasteiger partial charge in [0.25, 0.3) is 0 Å². The first-order chi connectivity index (χ1) is 8.06. The minimum Gasteiger partial charge on any atom is -0.388 e. The SMILES string of the molecule is Cn1ccc(CC(O)c2ccc(Cl)c(Br)c2)n1. The minimum absolute atomic E-state index is 0.495. The summed E-state index contributed by atoms with van der Waals surface area (Å²) in [6.07, 6.45) is 1.79. The van der Waals surface area contributed by atoms with E-state index in [4.69, 9.17) is 11.6 Å². The second-order valence-corrected chi connectivity index (χ2v) is 5.14. The molecule has 0 radical (unpaired) electrons. The summed E-state index contributed by atoms with van der Waals surface area (Å²) in [5.74, 6) is 0. The van der Waals surface area contributed by atoms with Crippen molar-refractivity contribution in [3.05, 3.63) is 51.2 Å². The van der Waals surface area contributed by atoms with Crippen LogP contribution in [0.3, 0.4) is 0 Å². The van der Waals surface area contributed by atoms with E-state index in [-0.39, 0.29) is 0 Å². The van der Waals surface area contributed by atoms with E-state index >= 15 is 0 Å². The zero-order valence-corrected chi connectivity index (χ0v) is 11.6. The Hall–Kier alpha value is -0.840. The molecule has 0 aliphatic heterocycles. The van der Waals surface area contributed by atoms with E-state index in [0.717, 1.165) is 15.7 Å². The van der Waals surface area contributed by atoms with Crippen LogP contribution in [0, 0.1) is 0 Å². The third-order valence-electron chi connectivity index (χ3n) is 2.50. The van der Waals surface area contributed by atoms with E-state index in [1.807, 2.05) is 31.4 Å². The van der Waals surface area contributed by atoms with E-state index < -0.39 is 6.10 Å². The number of aryl methyl sites for hydroxylation is 1. The van der Waals surface area contributed by atoms with Gasteiger partial charge in [-0.3, -0.25) is 4.68 Å². The highest BCUT2D eigenvalue weighted by molar-refractivity contribution is 9.10. The molecule has 0 saturated carbocycles. The predicted octanol–water partition coefficient (Wildman–Crippen LogP) is 3.11. The molecule has 1 unspecified atom stereocenters. The average Bonchev–Trinajstić information content (AvgIpc) is 2.68. The lowest BCUT2D eigenvalue weighted by atomic mass is 10.1. The summed E-state index contributed by atoms with van der Waals surface area (Å²) < 4.78 is 2.51. The summed E-state index contributed by atoms with van der Waals surface area (Å²) in [5.41, 5.74) is 1.69. The van der Waals surface area contributed by atoms with Gasteiger partial charge < -0.3 is 5.11 Å². The Morgan fingerprint density at radius 1 is 1.47 bits per heavy atom. The molecule has 90 valence electrons. The Morgan fingerprint density at radius 2 is 2.24 bits per heavy atom. The molecule has 1 aromatic heterocycles. The zero-order valence-electron chi connectivity index (χ0n) is 9.27. The second kappa shape index (κ2) is 5.21. The summed E-state index contributed by atoms with van der Waals surface area (Å²) in [6, 6.07) is 7.31. The summed E-state index contributed by atoms with van der Waals surface area (Å²) in [4.78, 5) is 0. The van der Waals surface area contributed by atoms with Gasteiger partial charge >= 0.3 is 0 Å². The number of aliphatic hydroxyl groups is 1. The first kappa shape index (κ1) is 12.6. The third-order valence-corrected chi connectivity index (χ3v) is 3.71. The number of aliphatic hydroxyl groups excluding tert-OH is 1. The standard InChI is InChI=1S/C12H12BrClN2O/c1-16-5-4-9(15-16)7-12(17)8-2-3-11(14)10(13)6-8/h2-6,12,17H,7H2,1H3. The topological polar surface area (TPSA) is 38.0 Å². The van der Waals surface area contributed by atoms with Gasteiger partial charge in [0.15, 0.2) is 0 Å². The van der Waals surface area contributed by atoms with Crippen LogP contribution in [0.4, 0.5) is 0 Å². The van der Waals surface area contributed by atoms with Crippen LogP contribution in [0.1, 0.15) is 17.4 Å². The van der Waals surface area contributed by atoms with Crippen LogP contribution in [0.15, 0.2) is 34.9 Å². The van der Waals surface area contributed by atoms with Crippen molar-refractivity contribution in [3.63, 3.8) is 0 Å². The van der Waals surface area contributed by atoms with Gasteiger partial charge in [0.05, 0.1) is 16.8 Å². The van der Waals surface area contributed by atoms with Crippen LogP contribution in [0.5, 0.6) is 0 Å². The fourth-order valence-corrected chi connectivity index (χ4v) is 2.12. The first-order valence-corrected chi connectivity index (χ1v) is 6.35. The first-order valence-electron chi connectivity index (χ1n) is 5.18. The molecular formula is C12H12BrClN2O. The molecule has 0 amide bonds. The number of hydrogen-bond acceptors (Lipinski definition) is 2. The fraction of sp³-hybridized carbons (Fsp3) is 0.250. The maximum atomic E-state index is 10.1. The largest absolute Gasteiger partial charge is 0.388 e. The molecule has 1 N–H and O–H groups in total. The quantitative estimate of drug-likeness (QED) is 0.945. The smallest absolute Gasteiger partial charge is 0.0846 e. The summed E-state index contributed by atoms with van der Waals surface area (Å²) in [6.45, 7) is 0. The van der Waals surface area contributed by atoms with Crippen LogP contribution in [-0.2, 0) is 13.5 Å². The van der Waals surface area contributed by atoms with Gasteiger partial charge in [0.1, 0.15) is 0 Å². The van der Waals surface area contributed by atoms with Crippen LogP contribution in [0.25, 0.3) is 0 Å². The van der Waals surface area contributed by atoms with Gasteiger partial charge in [-0.05, 0) is 39.7 Å². The molecule has 3 nitrogen and oxygen atoms in total. The molecule has 0 spiro atoms. The van der Waals surface area contributed by atoms with E-state index in [0.29, 0.717) is 11.4 Å². The molecule has 0 saturated heterocycles. The molecule has 0 aliphatic carbocycles. The minimum atomic E-state index is -0.571. The molecule has 2 rings (SSSR count). The van der Waals surface area contributed by atoms with Crippen molar-refractivity contribution in [3.8, 4) is 0 Å². The van der Waals surface area contributed by atoms with Gasteiger partial charge in [0, 0.05) is 24.1 Å². The summed E-state index contributed by atoms with van der Waals surface area (Å²) >= 11 is 9.25. The number of benzene rings is 1. The molecule has 5 heteroatoms. The van der Waals surface area contributed by atoms with Gasteiger partial charge in [-0.1, -0.05) is 17.7 Å². The van der Waals surface area contributed by atoms with Crippen LogP contribution in [-0.4, -0.2) is 14.9 Å². The van der Waals surface area contributed by atoms with E-state index in [9.17, 15) is 5.11 Å². The van der Waals surface area contributed by atoms with E-state index in [1.165, 1.54) is 0 Å². The highest BCUT2D eigenvalue weighted by Gasteiger charge is 2.11. The van der Waals surface area contributed by atoms with Crippen LogP contribution in [0.2, 0.25) is 5.02 Å². The number of aromatic nitrogens is 2. The van der Waals surface area contributed by atoms with Crippen molar-refractivity contribution in [2.45, 2.75) is 12.5 Å². The lowest BCUT2D eigenvalue weighted by Gasteiger charge is -2.10. The van der Waals surface area contributed by atoms with Crippen LogP contribution < -0.4 is 0 Å². The lowest BCUT2D eigenvalue weighted by Crippen LogP contribution is -2.03. The Bertz CT molecular complexity index is 527. The van der Waals surface area contributed by atoms with Crippen molar-refractivity contribution >= 4 is 27.5 Å². The monoisotopic (exact) mass is 314 g/mol. The van der Waals surface area contributed by atoms with E-state index in [2.05, 4.69) is 21.0 Å². The van der Waals surface area contributed by atoms with Crippen molar-refractivity contribution in [2.75, 3.05) is 0 Å². The second-order valence-electron chi connectivity index (χ2n) is 3.87. The number of rotatable bonds is 3. The van der Waals surface area contributed by atoms with Gasteiger partial charge in [-0.2, -0.15) is 5.10 Å². The molecule has 1 atom stereocenters. The van der Waals surface area contributed by atoms with Crippen molar-refractivity contribution in [1.29, 1.82) is 0 Å². The summed E-state index contributed by atoms with van der Waals surface area (Å²) in [5, 5.41) is 15.0. The normalized spacial score (nSPS) is 12.7. The molecule has 2 aromatic rings. The molecule has 17 heavy (non-hydrogen) atoms. The maximum Gasteiger partial charge on any atom is 0.0846 e. The third kappa shape index (κ3) is 3.09. The average molecular weight is 316 g/mol. The van der Waals surface area contributed by atoms with Gasteiger partial charge in [-0.25, -0.2) is 0 Å². The molecule has 1 heterocycles. The predicted molar refractivity (Wildman–Crippen MR) is 71.0 cm³/mol. The Balaban J connectivity index is 2.14. The summed E-state index contributed by atoms with van der Waals surface area (Å²) in [7, 11) is 1.86. The zero-order chi connectivity index (χ0) is 12.4. The van der Waals surface area contributed by atoms with E-state index in [1.54, 1.807) is 10.7 Å². The van der Waals surface area contributed by atoms with Gasteiger partial charge in [0.2, 0.25) is 0 Å². The number of halogens is 2. The maximum absolute atomic E-state index is 10.1. The molecule has 1 aromatic carbocycles. The molecular weight excluding hydrogens is 304 g/mol. The molecule has 0 aliphatic rings. The number of nitrogens with zero attached hydrogens (tertiary/aromatic N) is 2. The fourth-order valence-electron chi connectivity index (χ4n) is 1.61. The van der Waals surface area contributed by atoms with Crippen LogP contribution >= 0.6 is 27.5 Å². The Labute approximate surface area is 113 Å². The highest BCUT2D eigenvalue weighted by atomic mass is 79.9.